The van der Waals surface area contributed by atoms with E-state index in [1.54, 1.807) is 5.32 Å². The number of aliphatic hydroxyl groups is 1. The predicted octanol–water partition coefficient (Wildman–Crippen LogP) is 1.01. The highest BCUT2D eigenvalue weighted by Crippen LogP contribution is 2.24. The average Bonchev–Trinajstić information content (AvgIpc) is 2.61. The number of rotatable bonds is 3. The first-order chi connectivity index (χ1) is 7.42. The molecule has 0 spiro atoms. The molecule has 0 radical (unpaired) electrons. The second-order valence-electron chi connectivity index (χ2n) is 3.92. The normalized spacial score (nSPS) is 25.5. The molecule has 0 aliphatic heterocycles. The summed E-state index contributed by atoms with van der Waals surface area (Å²) < 4.78 is 35.4. The van der Waals surface area contributed by atoms with E-state index in [9.17, 15) is 18.0 Å². The van der Waals surface area contributed by atoms with Crippen molar-refractivity contribution >= 4 is 6.03 Å². The minimum Gasteiger partial charge on any atom is -0.396 e. The summed E-state index contributed by atoms with van der Waals surface area (Å²) in [6.07, 6.45) is -2.04. The quantitative estimate of drug-likeness (QED) is 0.689. The molecule has 1 aliphatic carbocycles. The third kappa shape index (κ3) is 4.26. The van der Waals surface area contributed by atoms with Crippen molar-refractivity contribution in [3.63, 3.8) is 0 Å². The second kappa shape index (κ2) is 5.38. The molecule has 2 atom stereocenters. The molecule has 1 saturated carbocycles. The SMILES string of the molecule is O=C(NCC(F)(F)F)NC1CCCC1CO. The number of hydrogen-bond acceptors (Lipinski definition) is 2. The fourth-order valence-electron chi connectivity index (χ4n) is 1.85. The van der Waals surface area contributed by atoms with Gasteiger partial charge >= 0.3 is 12.2 Å². The summed E-state index contributed by atoms with van der Waals surface area (Å²) >= 11 is 0. The van der Waals surface area contributed by atoms with Crippen LogP contribution in [0, 0.1) is 5.92 Å². The number of alkyl halides is 3. The molecule has 2 amide bonds. The van der Waals surface area contributed by atoms with Crippen molar-refractivity contribution in [2.45, 2.75) is 31.5 Å². The van der Waals surface area contributed by atoms with Gasteiger partial charge in [-0.15, -0.1) is 0 Å². The lowest BCUT2D eigenvalue weighted by Crippen LogP contribution is -2.46. The molecule has 0 saturated heterocycles. The van der Waals surface area contributed by atoms with E-state index in [4.69, 9.17) is 5.11 Å². The van der Waals surface area contributed by atoms with Crippen LogP contribution >= 0.6 is 0 Å². The second-order valence-corrected chi connectivity index (χ2v) is 3.92. The number of aliphatic hydroxyl groups excluding tert-OH is 1. The van der Waals surface area contributed by atoms with Gasteiger partial charge in [0, 0.05) is 18.6 Å². The number of nitrogens with one attached hydrogen (secondary N) is 2. The maximum atomic E-state index is 11.8. The molecule has 16 heavy (non-hydrogen) atoms. The van der Waals surface area contributed by atoms with E-state index in [1.807, 2.05) is 0 Å². The van der Waals surface area contributed by atoms with Gasteiger partial charge in [-0.05, 0) is 12.8 Å². The van der Waals surface area contributed by atoms with Crippen LogP contribution in [-0.2, 0) is 0 Å². The van der Waals surface area contributed by atoms with Crippen LogP contribution in [0.5, 0.6) is 0 Å². The molecule has 3 N–H and O–H groups in total. The molecule has 0 aromatic carbocycles. The number of carbonyl (C=O) groups excluding carboxylic acids is 1. The third-order valence-corrected chi connectivity index (χ3v) is 2.66. The Morgan fingerprint density at radius 1 is 1.38 bits per heavy atom. The first kappa shape index (κ1) is 13.1. The van der Waals surface area contributed by atoms with Crippen LogP contribution in [0.3, 0.4) is 0 Å². The molecular formula is C9H15F3N2O2. The molecule has 1 aliphatic rings. The Morgan fingerprint density at radius 3 is 2.62 bits per heavy atom. The van der Waals surface area contributed by atoms with Crippen LogP contribution in [0.4, 0.5) is 18.0 Å². The van der Waals surface area contributed by atoms with Gasteiger partial charge in [0.05, 0.1) is 0 Å². The van der Waals surface area contributed by atoms with Crippen molar-refractivity contribution in [3.8, 4) is 0 Å². The monoisotopic (exact) mass is 240 g/mol. The Labute approximate surface area is 91.2 Å². The molecule has 0 bridgehead atoms. The summed E-state index contributed by atoms with van der Waals surface area (Å²) in [5.41, 5.74) is 0. The zero-order valence-corrected chi connectivity index (χ0v) is 8.68. The van der Waals surface area contributed by atoms with Crippen LogP contribution in [0.1, 0.15) is 19.3 Å². The molecule has 0 heterocycles. The van der Waals surface area contributed by atoms with Gasteiger partial charge in [0.25, 0.3) is 0 Å². The van der Waals surface area contributed by atoms with Gasteiger partial charge in [0.15, 0.2) is 0 Å². The van der Waals surface area contributed by atoms with Gasteiger partial charge in [-0.25, -0.2) is 4.79 Å². The molecule has 4 nitrogen and oxygen atoms in total. The first-order valence-corrected chi connectivity index (χ1v) is 5.14. The summed E-state index contributed by atoms with van der Waals surface area (Å²) in [5.74, 6) is -0.0448. The number of carbonyl (C=O) groups is 1. The molecule has 1 rings (SSSR count). The Morgan fingerprint density at radius 2 is 2.06 bits per heavy atom. The smallest absolute Gasteiger partial charge is 0.396 e. The Hall–Kier alpha value is -0.980. The van der Waals surface area contributed by atoms with E-state index in [0.717, 1.165) is 12.8 Å². The number of hydrogen-bond donors (Lipinski definition) is 3. The van der Waals surface area contributed by atoms with Gasteiger partial charge in [0.2, 0.25) is 0 Å². The van der Waals surface area contributed by atoms with Gasteiger partial charge < -0.3 is 15.7 Å². The van der Waals surface area contributed by atoms with Crippen LogP contribution in [0.2, 0.25) is 0 Å². The Bertz CT molecular complexity index is 245. The van der Waals surface area contributed by atoms with E-state index in [-0.39, 0.29) is 18.6 Å². The summed E-state index contributed by atoms with van der Waals surface area (Å²) in [6.45, 7) is -1.39. The van der Waals surface area contributed by atoms with Crippen molar-refractivity contribution in [2.24, 2.45) is 5.92 Å². The zero-order valence-electron chi connectivity index (χ0n) is 8.68. The Balaban J connectivity index is 2.28. The maximum absolute atomic E-state index is 11.8. The van der Waals surface area contributed by atoms with Crippen LogP contribution < -0.4 is 10.6 Å². The van der Waals surface area contributed by atoms with Gasteiger partial charge in [-0.2, -0.15) is 13.2 Å². The molecule has 7 heteroatoms. The highest BCUT2D eigenvalue weighted by atomic mass is 19.4. The van der Waals surface area contributed by atoms with Gasteiger partial charge in [-0.3, -0.25) is 0 Å². The number of amides is 2. The van der Waals surface area contributed by atoms with E-state index in [2.05, 4.69) is 5.32 Å². The number of halogens is 3. The van der Waals surface area contributed by atoms with Crippen molar-refractivity contribution in [2.75, 3.05) is 13.2 Å². The van der Waals surface area contributed by atoms with Gasteiger partial charge in [-0.1, -0.05) is 6.42 Å². The van der Waals surface area contributed by atoms with Crippen LogP contribution in [-0.4, -0.2) is 36.5 Å². The lowest BCUT2D eigenvalue weighted by molar-refractivity contribution is -0.122. The lowest BCUT2D eigenvalue weighted by atomic mass is 10.1. The molecular weight excluding hydrogens is 225 g/mol. The summed E-state index contributed by atoms with van der Waals surface area (Å²) in [6, 6.07) is -1.05. The fourth-order valence-corrected chi connectivity index (χ4v) is 1.85. The van der Waals surface area contributed by atoms with Crippen LogP contribution in [0.15, 0.2) is 0 Å². The minimum atomic E-state index is -4.40. The topological polar surface area (TPSA) is 61.4 Å². The summed E-state index contributed by atoms with van der Waals surface area (Å²) in [5, 5.41) is 13.1. The summed E-state index contributed by atoms with van der Waals surface area (Å²) in [4.78, 5) is 11.1. The maximum Gasteiger partial charge on any atom is 0.405 e. The minimum absolute atomic E-state index is 0.0448. The molecule has 94 valence electrons. The standard InChI is InChI=1S/C9H15F3N2O2/c10-9(11,12)5-13-8(16)14-7-3-1-2-6(7)4-15/h6-7,15H,1-5H2,(H2,13,14,16). The van der Waals surface area contributed by atoms with Crippen molar-refractivity contribution < 1.29 is 23.1 Å². The molecule has 0 aromatic heterocycles. The molecule has 1 fully saturated rings. The average molecular weight is 240 g/mol. The predicted molar refractivity (Wildman–Crippen MR) is 50.8 cm³/mol. The largest absolute Gasteiger partial charge is 0.405 e. The van der Waals surface area contributed by atoms with Crippen molar-refractivity contribution in [1.82, 2.24) is 10.6 Å². The summed E-state index contributed by atoms with van der Waals surface area (Å²) in [7, 11) is 0. The highest BCUT2D eigenvalue weighted by Gasteiger charge is 2.30. The third-order valence-electron chi connectivity index (χ3n) is 2.66. The molecule has 0 aromatic rings. The van der Waals surface area contributed by atoms with E-state index >= 15 is 0 Å². The Kier molecular flexibility index (Phi) is 4.40. The lowest BCUT2D eigenvalue weighted by Gasteiger charge is -2.19. The highest BCUT2D eigenvalue weighted by molar-refractivity contribution is 5.74. The van der Waals surface area contributed by atoms with Crippen molar-refractivity contribution in [3.05, 3.63) is 0 Å². The first-order valence-electron chi connectivity index (χ1n) is 5.14. The van der Waals surface area contributed by atoms with Crippen molar-refractivity contribution in [1.29, 1.82) is 0 Å². The fraction of sp³-hybridized carbons (Fsp3) is 0.889. The zero-order chi connectivity index (χ0) is 12.2. The molecule has 2 unspecified atom stereocenters. The van der Waals surface area contributed by atoms with Gasteiger partial charge in [0.1, 0.15) is 6.54 Å². The van der Waals surface area contributed by atoms with E-state index in [1.165, 1.54) is 0 Å². The van der Waals surface area contributed by atoms with E-state index < -0.39 is 18.8 Å². The van der Waals surface area contributed by atoms with Crippen LogP contribution in [0.25, 0.3) is 0 Å². The van der Waals surface area contributed by atoms with E-state index in [0.29, 0.717) is 6.42 Å². The number of urea groups is 1.